The van der Waals surface area contributed by atoms with Crippen molar-refractivity contribution >= 4 is 22.4 Å². The molecule has 4 aromatic rings. The highest BCUT2D eigenvalue weighted by Gasteiger charge is 2.09. The molecule has 24 heavy (non-hydrogen) atoms. The quantitative estimate of drug-likeness (QED) is 0.570. The minimum atomic E-state index is 0.828. The van der Waals surface area contributed by atoms with Gasteiger partial charge in [0.1, 0.15) is 12.1 Å². The zero-order valence-electron chi connectivity index (χ0n) is 13.5. The monoisotopic (exact) mass is 318 g/mol. The van der Waals surface area contributed by atoms with Crippen LogP contribution in [0.3, 0.4) is 0 Å². The van der Waals surface area contributed by atoms with Crippen molar-refractivity contribution in [2.75, 3.05) is 11.9 Å². The molecule has 0 spiro atoms. The first-order valence-corrected chi connectivity index (χ1v) is 8.14. The molecule has 0 amide bonds. The smallest absolute Gasteiger partial charge is 0.154 e. The summed E-state index contributed by atoms with van der Waals surface area (Å²) in [5.41, 5.74) is 3.72. The van der Waals surface area contributed by atoms with E-state index >= 15 is 0 Å². The summed E-state index contributed by atoms with van der Waals surface area (Å²) in [5, 5.41) is 9.05. The van der Waals surface area contributed by atoms with Gasteiger partial charge < -0.3 is 5.32 Å². The van der Waals surface area contributed by atoms with Crippen molar-refractivity contribution in [3.8, 4) is 11.3 Å². The molecule has 0 aliphatic carbocycles. The first-order valence-electron chi connectivity index (χ1n) is 8.14. The molecule has 0 radical (unpaired) electrons. The van der Waals surface area contributed by atoms with Gasteiger partial charge in [-0.2, -0.15) is 0 Å². The molecule has 0 saturated carbocycles. The number of hydrogen-bond acceptors (Lipinski definition) is 5. The Labute approximate surface area is 139 Å². The van der Waals surface area contributed by atoms with Crippen LogP contribution in [0.4, 0.5) is 5.82 Å². The number of unbranched alkanes of at least 4 members (excludes halogenated alkanes) is 1. The second-order valence-corrected chi connectivity index (χ2v) is 5.71. The van der Waals surface area contributed by atoms with Gasteiger partial charge in [0.15, 0.2) is 5.65 Å². The maximum Gasteiger partial charge on any atom is 0.154 e. The van der Waals surface area contributed by atoms with Crippen LogP contribution in [0, 0.1) is 0 Å². The van der Waals surface area contributed by atoms with E-state index in [2.05, 4.69) is 32.3 Å². The Hall–Kier alpha value is -3.02. The standard InChI is InChI=1S/C18H18N6/c1-2-3-8-20-17-6-7-18-21-11-16(24(18)23-17)13-4-5-14-10-19-12-22-15(14)9-13/h4-7,9-12H,2-3,8H2,1H3,(H,20,23). The minimum absolute atomic E-state index is 0.828. The fourth-order valence-corrected chi connectivity index (χ4v) is 2.69. The molecule has 120 valence electrons. The Morgan fingerprint density at radius 1 is 1.08 bits per heavy atom. The summed E-state index contributed by atoms with van der Waals surface area (Å²) in [7, 11) is 0. The van der Waals surface area contributed by atoms with E-state index in [4.69, 9.17) is 0 Å². The molecule has 0 aliphatic rings. The number of rotatable bonds is 5. The van der Waals surface area contributed by atoms with Crippen LogP contribution in [0.5, 0.6) is 0 Å². The van der Waals surface area contributed by atoms with Gasteiger partial charge >= 0.3 is 0 Å². The third-order valence-corrected chi connectivity index (χ3v) is 4.00. The normalized spacial score (nSPS) is 11.2. The molecule has 6 heteroatoms. The second-order valence-electron chi connectivity index (χ2n) is 5.71. The van der Waals surface area contributed by atoms with E-state index in [0.29, 0.717) is 0 Å². The van der Waals surface area contributed by atoms with Crippen molar-refractivity contribution in [1.82, 2.24) is 24.6 Å². The van der Waals surface area contributed by atoms with Crippen LogP contribution < -0.4 is 5.32 Å². The topological polar surface area (TPSA) is 68.0 Å². The summed E-state index contributed by atoms with van der Waals surface area (Å²) in [6.07, 6.45) is 7.51. The highest BCUT2D eigenvalue weighted by Crippen LogP contribution is 2.24. The number of imidazole rings is 1. The van der Waals surface area contributed by atoms with Gasteiger partial charge in [-0.05, 0) is 24.6 Å². The average molecular weight is 318 g/mol. The predicted molar refractivity (Wildman–Crippen MR) is 94.9 cm³/mol. The van der Waals surface area contributed by atoms with Gasteiger partial charge in [-0.25, -0.2) is 19.5 Å². The average Bonchev–Trinajstić information content (AvgIpc) is 3.05. The number of anilines is 1. The van der Waals surface area contributed by atoms with Crippen molar-refractivity contribution in [2.24, 2.45) is 0 Å². The van der Waals surface area contributed by atoms with E-state index < -0.39 is 0 Å². The minimum Gasteiger partial charge on any atom is -0.369 e. The van der Waals surface area contributed by atoms with Gasteiger partial charge in [0, 0.05) is 23.7 Å². The molecule has 1 N–H and O–H groups in total. The molecule has 3 aromatic heterocycles. The molecule has 0 bridgehead atoms. The summed E-state index contributed by atoms with van der Waals surface area (Å²) in [6.45, 7) is 3.10. The summed E-state index contributed by atoms with van der Waals surface area (Å²) in [5.74, 6) is 0.860. The summed E-state index contributed by atoms with van der Waals surface area (Å²) in [6, 6.07) is 10.1. The van der Waals surface area contributed by atoms with Crippen LogP contribution in [0.15, 0.2) is 49.1 Å². The highest BCUT2D eigenvalue weighted by atomic mass is 15.3. The lowest BCUT2D eigenvalue weighted by molar-refractivity contribution is 0.823. The van der Waals surface area contributed by atoms with Gasteiger partial charge in [-0.15, -0.1) is 5.10 Å². The Morgan fingerprint density at radius 3 is 2.96 bits per heavy atom. The highest BCUT2D eigenvalue weighted by molar-refractivity contribution is 5.83. The molecule has 0 fully saturated rings. The molecule has 0 saturated heterocycles. The molecule has 3 heterocycles. The summed E-state index contributed by atoms with van der Waals surface area (Å²) >= 11 is 0. The number of nitrogens with zero attached hydrogens (tertiary/aromatic N) is 5. The molecule has 1 aromatic carbocycles. The van der Waals surface area contributed by atoms with Crippen LogP contribution in [-0.4, -0.2) is 31.1 Å². The van der Waals surface area contributed by atoms with Crippen LogP contribution in [-0.2, 0) is 0 Å². The van der Waals surface area contributed by atoms with E-state index in [0.717, 1.165) is 53.0 Å². The number of fused-ring (bicyclic) bond motifs is 2. The van der Waals surface area contributed by atoms with Gasteiger partial charge in [-0.3, -0.25) is 0 Å². The lowest BCUT2D eigenvalue weighted by atomic mass is 10.1. The number of nitrogens with one attached hydrogen (secondary N) is 1. The van der Waals surface area contributed by atoms with Gasteiger partial charge in [0.05, 0.1) is 17.4 Å². The van der Waals surface area contributed by atoms with Crippen LogP contribution in [0.2, 0.25) is 0 Å². The first-order chi connectivity index (χ1) is 11.8. The summed E-state index contributed by atoms with van der Waals surface area (Å²) in [4.78, 5) is 12.8. The number of aromatic nitrogens is 5. The Balaban J connectivity index is 1.75. The lowest BCUT2D eigenvalue weighted by Crippen LogP contribution is -2.05. The van der Waals surface area contributed by atoms with Crippen molar-refractivity contribution in [3.05, 3.63) is 49.1 Å². The zero-order valence-corrected chi connectivity index (χ0v) is 13.5. The maximum absolute atomic E-state index is 4.67. The summed E-state index contributed by atoms with van der Waals surface area (Å²) < 4.78 is 1.87. The van der Waals surface area contributed by atoms with Gasteiger partial charge in [0.25, 0.3) is 0 Å². The van der Waals surface area contributed by atoms with E-state index in [9.17, 15) is 0 Å². The van der Waals surface area contributed by atoms with Crippen molar-refractivity contribution < 1.29 is 0 Å². The van der Waals surface area contributed by atoms with Crippen molar-refractivity contribution in [3.63, 3.8) is 0 Å². The molecular weight excluding hydrogens is 300 g/mol. The third kappa shape index (κ3) is 2.67. The van der Waals surface area contributed by atoms with Crippen LogP contribution in [0.1, 0.15) is 19.8 Å². The van der Waals surface area contributed by atoms with E-state index in [1.807, 2.05) is 47.2 Å². The molecular formula is C18H18N6. The van der Waals surface area contributed by atoms with E-state index in [-0.39, 0.29) is 0 Å². The van der Waals surface area contributed by atoms with E-state index in [1.165, 1.54) is 0 Å². The number of hydrogen-bond donors (Lipinski definition) is 1. The fourth-order valence-electron chi connectivity index (χ4n) is 2.69. The maximum atomic E-state index is 4.67. The molecule has 4 rings (SSSR count). The van der Waals surface area contributed by atoms with E-state index in [1.54, 1.807) is 6.33 Å². The first kappa shape index (κ1) is 14.6. The molecule has 0 aliphatic heterocycles. The van der Waals surface area contributed by atoms with Gasteiger partial charge in [-0.1, -0.05) is 25.5 Å². The molecule has 0 unspecified atom stereocenters. The third-order valence-electron chi connectivity index (χ3n) is 4.00. The molecule has 0 atom stereocenters. The Morgan fingerprint density at radius 2 is 2.04 bits per heavy atom. The van der Waals surface area contributed by atoms with Crippen molar-refractivity contribution in [1.29, 1.82) is 0 Å². The Kier molecular flexibility index (Phi) is 3.78. The fraction of sp³-hybridized carbons (Fsp3) is 0.222. The van der Waals surface area contributed by atoms with Crippen LogP contribution >= 0.6 is 0 Å². The Bertz CT molecular complexity index is 991. The lowest BCUT2D eigenvalue weighted by Gasteiger charge is -2.07. The predicted octanol–water partition coefficient (Wildman–Crippen LogP) is 3.55. The van der Waals surface area contributed by atoms with Crippen molar-refractivity contribution in [2.45, 2.75) is 19.8 Å². The molecule has 6 nitrogen and oxygen atoms in total. The zero-order chi connectivity index (χ0) is 16.4. The van der Waals surface area contributed by atoms with Gasteiger partial charge in [0.2, 0.25) is 0 Å². The number of benzene rings is 1. The SMILES string of the molecule is CCCCNc1ccc2ncc(-c3ccc4cncnc4c3)n2n1. The van der Waals surface area contributed by atoms with Crippen LogP contribution in [0.25, 0.3) is 27.8 Å². The second kappa shape index (κ2) is 6.23. The largest absolute Gasteiger partial charge is 0.369 e.